The molecular formula is C11H13ClF3N. The number of hydrogen-bond donors (Lipinski definition) is 1. The fraction of sp³-hybridized carbons (Fsp3) is 0.455. The predicted molar refractivity (Wildman–Crippen MR) is 58.4 cm³/mol. The van der Waals surface area contributed by atoms with Gasteiger partial charge >= 0.3 is 6.18 Å². The third-order valence-corrected chi connectivity index (χ3v) is 2.61. The highest BCUT2D eigenvalue weighted by atomic mass is 35.5. The maximum Gasteiger partial charge on any atom is 0.416 e. The highest BCUT2D eigenvalue weighted by Crippen LogP contribution is 2.32. The molecule has 0 saturated heterocycles. The molecule has 0 heterocycles. The van der Waals surface area contributed by atoms with Gasteiger partial charge in [-0.3, -0.25) is 0 Å². The normalized spacial score (nSPS) is 13.9. The first-order valence-corrected chi connectivity index (χ1v) is 5.29. The second-order valence-corrected chi connectivity index (χ2v) is 4.23. The molecule has 1 rings (SSSR count). The van der Waals surface area contributed by atoms with E-state index in [4.69, 9.17) is 17.3 Å². The molecule has 0 aromatic heterocycles. The van der Waals surface area contributed by atoms with E-state index in [1.807, 2.05) is 6.92 Å². The first kappa shape index (κ1) is 13.3. The van der Waals surface area contributed by atoms with E-state index in [1.54, 1.807) is 0 Å². The van der Waals surface area contributed by atoms with Gasteiger partial charge < -0.3 is 5.73 Å². The molecule has 0 spiro atoms. The van der Waals surface area contributed by atoms with Crippen LogP contribution in [-0.4, -0.2) is 6.04 Å². The van der Waals surface area contributed by atoms with Crippen molar-refractivity contribution in [2.75, 3.05) is 0 Å². The SMILES string of the molecule is C[C@@H](N)CCc1cc(C(F)(F)F)ccc1Cl. The van der Waals surface area contributed by atoms with E-state index in [0.29, 0.717) is 23.4 Å². The van der Waals surface area contributed by atoms with Crippen molar-refractivity contribution >= 4 is 11.6 Å². The molecule has 0 saturated carbocycles. The highest BCUT2D eigenvalue weighted by molar-refractivity contribution is 6.31. The molecule has 5 heteroatoms. The minimum absolute atomic E-state index is 0.0504. The summed E-state index contributed by atoms with van der Waals surface area (Å²) in [7, 11) is 0. The molecule has 0 unspecified atom stereocenters. The molecule has 0 radical (unpaired) electrons. The molecule has 0 fully saturated rings. The summed E-state index contributed by atoms with van der Waals surface area (Å²) in [5.41, 5.74) is 5.37. The Morgan fingerprint density at radius 2 is 2.00 bits per heavy atom. The highest BCUT2D eigenvalue weighted by Gasteiger charge is 2.30. The third-order valence-electron chi connectivity index (χ3n) is 2.24. The van der Waals surface area contributed by atoms with Gasteiger partial charge in [0, 0.05) is 11.1 Å². The van der Waals surface area contributed by atoms with Crippen molar-refractivity contribution in [3.63, 3.8) is 0 Å². The Morgan fingerprint density at radius 3 is 2.50 bits per heavy atom. The van der Waals surface area contributed by atoms with Gasteiger partial charge in [0.2, 0.25) is 0 Å². The quantitative estimate of drug-likeness (QED) is 0.872. The Kier molecular flexibility index (Phi) is 4.21. The van der Waals surface area contributed by atoms with Crippen molar-refractivity contribution in [1.29, 1.82) is 0 Å². The van der Waals surface area contributed by atoms with Crippen LogP contribution < -0.4 is 5.73 Å². The lowest BCUT2D eigenvalue weighted by Gasteiger charge is -2.11. The molecule has 1 aromatic rings. The number of halogens is 4. The topological polar surface area (TPSA) is 26.0 Å². The lowest BCUT2D eigenvalue weighted by Crippen LogP contribution is -2.15. The van der Waals surface area contributed by atoms with Crippen LogP contribution in [0.15, 0.2) is 18.2 Å². The van der Waals surface area contributed by atoms with Gasteiger partial charge in [0.25, 0.3) is 0 Å². The molecule has 0 amide bonds. The van der Waals surface area contributed by atoms with Gasteiger partial charge in [-0.1, -0.05) is 11.6 Å². The zero-order valence-electron chi connectivity index (χ0n) is 8.81. The summed E-state index contributed by atoms with van der Waals surface area (Å²) in [6.45, 7) is 1.81. The van der Waals surface area contributed by atoms with Crippen LogP contribution in [-0.2, 0) is 12.6 Å². The second kappa shape index (κ2) is 5.06. The van der Waals surface area contributed by atoms with Crippen molar-refractivity contribution in [2.45, 2.75) is 32.0 Å². The van der Waals surface area contributed by atoms with Crippen LogP contribution in [0.3, 0.4) is 0 Å². The average Bonchev–Trinajstić information content (AvgIpc) is 2.14. The molecule has 90 valence electrons. The molecule has 1 nitrogen and oxygen atoms in total. The summed E-state index contributed by atoms with van der Waals surface area (Å²) in [5, 5.41) is 0.355. The van der Waals surface area contributed by atoms with Crippen LogP contribution in [0.4, 0.5) is 13.2 Å². The Morgan fingerprint density at radius 1 is 1.38 bits per heavy atom. The van der Waals surface area contributed by atoms with E-state index in [-0.39, 0.29) is 6.04 Å². The van der Waals surface area contributed by atoms with E-state index in [0.717, 1.165) is 12.1 Å². The zero-order valence-corrected chi connectivity index (χ0v) is 9.57. The maximum absolute atomic E-state index is 12.4. The van der Waals surface area contributed by atoms with E-state index in [2.05, 4.69) is 0 Å². The van der Waals surface area contributed by atoms with Crippen molar-refractivity contribution in [1.82, 2.24) is 0 Å². The second-order valence-electron chi connectivity index (χ2n) is 3.82. The van der Waals surface area contributed by atoms with Gasteiger partial charge in [0.1, 0.15) is 0 Å². The average molecular weight is 252 g/mol. The van der Waals surface area contributed by atoms with Gasteiger partial charge in [-0.2, -0.15) is 13.2 Å². The lowest BCUT2D eigenvalue weighted by molar-refractivity contribution is -0.137. The predicted octanol–water partition coefficient (Wildman–Crippen LogP) is 3.64. The van der Waals surface area contributed by atoms with Crippen LogP contribution >= 0.6 is 11.6 Å². The number of nitrogens with two attached hydrogens (primary N) is 1. The Hall–Kier alpha value is -0.740. The van der Waals surface area contributed by atoms with Crippen LogP contribution in [0.2, 0.25) is 5.02 Å². The van der Waals surface area contributed by atoms with Crippen molar-refractivity contribution in [3.05, 3.63) is 34.3 Å². The summed E-state index contributed by atoms with van der Waals surface area (Å²) < 4.78 is 37.3. The van der Waals surface area contributed by atoms with Gasteiger partial charge in [-0.05, 0) is 43.5 Å². The van der Waals surface area contributed by atoms with Crippen LogP contribution in [0.1, 0.15) is 24.5 Å². The summed E-state index contributed by atoms with van der Waals surface area (Å²) >= 11 is 5.82. The van der Waals surface area contributed by atoms with Gasteiger partial charge in [-0.15, -0.1) is 0 Å². The Bertz CT molecular complexity index is 361. The van der Waals surface area contributed by atoms with Gasteiger partial charge in [0.05, 0.1) is 5.56 Å². The largest absolute Gasteiger partial charge is 0.416 e. The van der Waals surface area contributed by atoms with Crippen LogP contribution in [0.25, 0.3) is 0 Å². The summed E-state index contributed by atoms with van der Waals surface area (Å²) in [5.74, 6) is 0. The summed E-state index contributed by atoms with van der Waals surface area (Å²) in [6.07, 6.45) is -3.25. The smallest absolute Gasteiger partial charge is 0.328 e. The molecule has 16 heavy (non-hydrogen) atoms. The zero-order chi connectivity index (χ0) is 12.3. The van der Waals surface area contributed by atoms with Crippen molar-refractivity contribution in [2.24, 2.45) is 5.73 Å². The van der Waals surface area contributed by atoms with E-state index < -0.39 is 11.7 Å². The molecule has 1 aromatic carbocycles. The monoisotopic (exact) mass is 251 g/mol. The molecule has 0 aliphatic rings. The first-order valence-electron chi connectivity index (χ1n) is 4.92. The fourth-order valence-electron chi connectivity index (χ4n) is 1.33. The summed E-state index contributed by atoms with van der Waals surface area (Å²) in [4.78, 5) is 0. The molecule has 0 aliphatic carbocycles. The Balaban J connectivity index is 2.91. The maximum atomic E-state index is 12.4. The van der Waals surface area contributed by atoms with Crippen LogP contribution in [0.5, 0.6) is 0 Å². The number of alkyl halides is 3. The molecule has 0 aliphatic heterocycles. The van der Waals surface area contributed by atoms with E-state index >= 15 is 0 Å². The standard InChI is InChI=1S/C11H13ClF3N/c1-7(16)2-3-8-6-9(11(13,14)15)4-5-10(8)12/h4-7H,2-3,16H2,1H3/t7-/m1/s1. The minimum Gasteiger partial charge on any atom is -0.328 e. The van der Waals surface area contributed by atoms with Crippen molar-refractivity contribution < 1.29 is 13.2 Å². The third kappa shape index (κ3) is 3.68. The fourth-order valence-corrected chi connectivity index (χ4v) is 1.54. The number of rotatable bonds is 3. The van der Waals surface area contributed by atoms with E-state index in [9.17, 15) is 13.2 Å². The van der Waals surface area contributed by atoms with Crippen molar-refractivity contribution in [3.8, 4) is 0 Å². The minimum atomic E-state index is -4.33. The van der Waals surface area contributed by atoms with Gasteiger partial charge in [-0.25, -0.2) is 0 Å². The first-order chi connectivity index (χ1) is 7.30. The molecule has 1 atom stereocenters. The molecular weight excluding hydrogens is 239 g/mol. The summed E-state index contributed by atoms with van der Waals surface area (Å²) in [6, 6.07) is 3.30. The lowest BCUT2D eigenvalue weighted by atomic mass is 10.0. The van der Waals surface area contributed by atoms with E-state index in [1.165, 1.54) is 6.07 Å². The van der Waals surface area contributed by atoms with Crippen LogP contribution in [0, 0.1) is 0 Å². The molecule has 2 N–H and O–H groups in total. The number of hydrogen-bond acceptors (Lipinski definition) is 1. The Labute approximate surface area is 97.4 Å². The number of benzene rings is 1. The molecule has 0 bridgehead atoms. The van der Waals surface area contributed by atoms with Gasteiger partial charge in [0.15, 0.2) is 0 Å². The number of aryl methyl sites for hydroxylation is 1.